The fourth-order valence-corrected chi connectivity index (χ4v) is 2.96. The van der Waals surface area contributed by atoms with Crippen LogP contribution in [0.3, 0.4) is 0 Å². The summed E-state index contributed by atoms with van der Waals surface area (Å²) in [6.45, 7) is 4.82. The topological polar surface area (TPSA) is 94.2 Å². The summed E-state index contributed by atoms with van der Waals surface area (Å²) in [6.07, 6.45) is -0.806. The van der Waals surface area contributed by atoms with Crippen LogP contribution in [-0.4, -0.2) is 57.3 Å². The first-order valence-electron chi connectivity index (χ1n) is 9.75. The average Bonchev–Trinajstić information content (AvgIpc) is 2.78. The maximum absolute atomic E-state index is 12.4. The van der Waals surface area contributed by atoms with Gasteiger partial charge in [0.25, 0.3) is 5.91 Å². The van der Waals surface area contributed by atoms with Gasteiger partial charge in [-0.1, -0.05) is 0 Å². The van der Waals surface area contributed by atoms with Crippen molar-refractivity contribution in [2.45, 2.75) is 6.92 Å². The maximum atomic E-state index is 12.4. The van der Waals surface area contributed by atoms with Crippen molar-refractivity contribution in [2.24, 2.45) is 0 Å². The van der Waals surface area contributed by atoms with Gasteiger partial charge < -0.3 is 24.4 Å². The Hall–Kier alpha value is -3.39. The summed E-state index contributed by atoms with van der Waals surface area (Å²) in [5, 5.41) is 2.61. The number of nitrogens with zero attached hydrogens (tertiary/aromatic N) is 1. The van der Waals surface area contributed by atoms with Gasteiger partial charge in [-0.15, -0.1) is 0 Å². The summed E-state index contributed by atoms with van der Waals surface area (Å²) in [5.74, 6) is -0.309. The molecule has 0 atom stereocenters. The average molecular weight is 412 g/mol. The van der Waals surface area contributed by atoms with Gasteiger partial charge in [0.05, 0.1) is 26.4 Å². The Balaban J connectivity index is 1.50. The number of hydrogen-bond donors (Lipinski definition) is 1. The minimum atomic E-state index is -0.806. The van der Waals surface area contributed by atoms with Gasteiger partial charge in [-0.05, 0) is 55.5 Å². The molecule has 1 saturated heterocycles. The Morgan fingerprint density at radius 3 is 2.23 bits per heavy atom. The van der Waals surface area contributed by atoms with Crippen molar-refractivity contribution >= 4 is 23.5 Å². The molecule has 1 heterocycles. The van der Waals surface area contributed by atoms with Crippen molar-refractivity contribution in [2.75, 3.05) is 44.4 Å². The molecule has 0 aromatic heterocycles. The molecule has 158 valence electrons. The van der Waals surface area contributed by atoms with Crippen LogP contribution in [0.2, 0.25) is 0 Å². The molecule has 1 amide bonds. The minimum Gasteiger partial charge on any atom is -0.434 e. The van der Waals surface area contributed by atoms with Gasteiger partial charge in [-0.2, -0.15) is 0 Å². The summed E-state index contributed by atoms with van der Waals surface area (Å²) in [5.41, 5.74) is 1.93. The first-order valence-corrected chi connectivity index (χ1v) is 9.75. The summed E-state index contributed by atoms with van der Waals surface area (Å²) < 4.78 is 15.0. The van der Waals surface area contributed by atoms with E-state index in [1.807, 2.05) is 12.1 Å². The number of amides is 1. The monoisotopic (exact) mass is 412 g/mol. The van der Waals surface area contributed by atoms with Crippen LogP contribution in [0.15, 0.2) is 48.5 Å². The molecule has 0 radical (unpaired) electrons. The van der Waals surface area contributed by atoms with Crippen LogP contribution >= 0.6 is 0 Å². The molecule has 0 unspecified atom stereocenters. The largest absolute Gasteiger partial charge is 0.513 e. The molecule has 0 spiro atoms. The van der Waals surface area contributed by atoms with E-state index in [-0.39, 0.29) is 24.7 Å². The second-order valence-corrected chi connectivity index (χ2v) is 6.56. The normalized spacial score (nSPS) is 13.4. The highest BCUT2D eigenvalue weighted by Gasteiger charge is 2.14. The quantitative estimate of drug-likeness (QED) is 0.424. The molecule has 1 fully saturated rings. The first-order chi connectivity index (χ1) is 14.6. The Morgan fingerprint density at radius 1 is 0.967 bits per heavy atom. The number of morpholine rings is 1. The van der Waals surface area contributed by atoms with Gasteiger partial charge in [-0.3, -0.25) is 9.59 Å². The van der Waals surface area contributed by atoms with Crippen molar-refractivity contribution < 1.29 is 28.6 Å². The van der Waals surface area contributed by atoms with Crippen LogP contribution in [-0.2, 0) is 9.47 Å². The summed E-state index contributed by atoms with van der Waals surface area (Å²) >= 11 is 0. The summed E-state index contributed by atoms with van der Waals surface area (Å²) in [4.78, 5) is 38.1. The van der Waals surface area contributed by atoms with Crippen LogP contribution in [0.25, 0.3) is 0 Å². The number of carbonyl (C=O) groups is 3. The molecule has 0 saturated carbocycles. The lowest BCUT2D eigenvalue weighted by molar-refractivity contribution is 0.0904. The van der Waals surface area contributed by atoms with E-state index in [4.69, 9.17) is 9.47 Å². The van der Waals surface area contributed by atoms with Gasteiger partial charge >= 0.3 is 6.16 Å². The third-order valence-corrected chi connectivity index (χ3v) is 4.55. The number of rotatable bonds is 7. The van der Waals surface area contributed by atoms with E-state index < -0.39 is 12.1 Å². The number of nitrogens with one attached hydrogen (secondary N) is 1. The number of benzene rings is 2. The van der Waals surface area contributed by atoms with E-state index in [9.17, 15) is 14.4 Å². The van der Waals surface area contributed by atoms with Crippen molar-refractivity contribution in [3.05, 3.63) is 59.7 Å². The van der Waals surface area contributed by atoms with Crippen molar-refractivity contribution in [1.82, 2.24) is 5.32 Å². The van der Waals surface area contributed by atoms with Gasteiger partial charge in [0.2, 0.25) is 0 Å². The van der Waals surface area contributed by atoms with Crippen molar-refractivity contribution in [3.63, 3.8) is 0 Å². The van der Waals surface area contributed by atoms with E-state index in [2.05, 4.69) is 15.0 Å². The molecule has 8 nitrogen and oxygen atoms in total. The molecule has 1 N–H and O–H groups in total. The van der Waals surface area contributed by atoms with Crippen LogP contribution < -0.4 is 15.0 Å². The molecule has 3 rings (SSSR count). The van der Waals surface area contributed by atoms with Gasteiger partial charge in [0.1, 0.15) is 5.75 Å². The van der Waals surface area contributed by atoms with Crippen molar-refractivity contribution in [1.29, 1.82) is 0 Å². The first kappa shape index (κ1) is 21.3. The van der Waals surface area contributed by atoms with Crippen molar-refractivity contribution in [3.8, 4) is 5.75 Å². The number of anilines is 1. The molecule has 1 aliphatic rings. The van der Waals surface area contributed by atoms with Gasteiger partial charge in [0, 0.05) is 29.9 Å². The second-order valence-electron chi connectivity index (χ2n) is 6.56. The number of hydrogen-bond acceptors (Lipinski definition) is 7. The predicted octanol–water partition coefficient (Wildman–Crippen LogP) is 2.67. The highest BCUT2D eigenvalue weighted by Crippen LogP contribution is 2.17. The third kappa shape index (κ3) is 5.81. The zero-order valence-corrected chi connectivity index (χ0v) is 16.8. The molecule has 30 heavy (non-hydrogen) atoms. The zero-order valence-electron chi connectivity index (χ0n) is 16.8. The molecule has 1 aliphatic heterocycles. The Labute approximate surface area is 174 Å². The fraction of sp³-hybridized carbons (Fsp3) is 0.318. The molecule has 2 aromatic carbocycles. The minimum absolute atomic E-state index is 0.114. The highest BCUT2D eigenvalue weighted by molar-refractivity contribution is 6.02. The molecule has 0 aliphatic carbocycles. The predicted molar refractivity (Wildman–Crippen MR) is 110 cm³/mol. The Bertz CT molecular complexity index is 874. The fourth-order valence-electron chi connectivity index (χ4n) is 2.96. The van der Waals surface area contributed by atoms with Crippen LogP contribution in [0.4, 0.5) is 10.5 Å². The lowest BCUT2D eigenvalue weighted by atomic mass is 10.1. The third-order valence-electron chi connectivity index (χ3n) is 4.55. The highest BCUT2D eigenvalue weighted by atomic mass is 16.7. The number of ether oxygens (including phenoxy) is 3. The standard InChI is InChI=1S/C22H24N2O6/c1-2-29-22(27)30-19-9-5-17(6-10-19)21(26)23-15-20(25)16-3-7-18(8-4-16)24-11-13-28-14-12-24/h3-10H,2,11-15H2,1H3,(H,23,26). The molecular weight excluding hydrogens is 388 g/mol. The van der Waals surface area contributed by atoms with Crippen LogP contribution in [0, 0.1) is 0 Å². The van der Waals surface area contributed by atoms with Crippen LogP contribution in [0.1, 0.15) is 27.6 Å². The zero-order chi connectivity index (χ0) is 21.3. The maximum Gasteiger partial charge on any atom is 0.513 e. The summed E-state index contributed by atoms with van der Waals surface area (Å²) in [7, 11) is 0. The lowest BCUT2D eigenvalue weighted by Gasteiger charge is -2.28. The van der Waals surface area contributed by atoms with Gasteiger partial charge in [-0.25, -0.2) is 4.79 Å². The molecule has 2 aromatic rings. The molecule has 8 heteroatoms. The van der Waals surface area contributed by atoms with E-state index >= 15 is 0 Å². The SMILES string of the molecule is CCOC(=O)Oc1ccc(C(=O)NCC(=O)c2ccc(N3CCOCC3)cc2)cc1. The number of carbonyl (C=O) groups excluding carboxylic acids is 3. The Kier molecular flexibility index (Phi) is 7.40. The second kappa shape index (κ2) is 10.4. The number of Topliss-reactive ketones (excluding diaryl/α,β-unsaturated/α-hetero) is 1. The molecule has 0 bridgehead atoms. The van der Waals surface area contributed by atoms with E-state index in [0.29, 0.717) is 24.3 Å². The van der Waals surface area contributed by atoms with Gasteiger partial charge in [0.15, 0.2) is 5.78 Å². The lowest BCUT2D eigenvalue weighted by Crippen LogP contribution is -2.36. The van der Waals surface area contributed by atoms with E-state index in [0.717, 1.165) is 18.8 Å². The molecular formula is C22H24N2O6. The Morgan fingerprint density at radius 2 is 1.60 bits per heavy atom. The number of ketones is 1. The smallest absolute Gasteiger partial charge is 0.434 e. The van der Waals surface area contributed by atoms with E-state index in [1.54, 1.807) is 19.1 Å². The van der Waals surface area contributed by atoms with E-state index in [1.165, 1.54) is 24.3 Å². The summed E-state index contributed by atoms with van der Waals surface area (Å²) in [6, 6.07) is 13.3. The van der Waals surface area contributed by atoms with Crippen LogP contribution in [0.5, 0.6) is 5.75 Å².